The van der Waals surface area contributed by atoms with Crippen molar-refractivity contribution in [2.75, 3.05) is 26.0 Å². The molecule has 0 aliphatic heterocycles. The molecule has 2 rings (SSSR count). The molecular weight excluding hydrogens is 376 g/mol. The van der Waals surface area contributed by atoms with Crippen LogP contribution >= 0.6 is 11.6 Å². The third kappa shape index (κ3) is 4.75. The number of ether oxygens (including phenoxy) is 1. The average molecular weight is 397 g/mol. The highest BCUT2D eigenvalue weighted by molar-refractivity contribution is 7.89. The van der Waals surface area contributed by atoms with Crippen LogP contribution in [0.25, 0.3) is 0 Å². The molecule has 1 N–H and O–H groups in total. The number of sulfonamides is 1. The molecule has 0 bridgehead atoms. The fourth-order valence-corrected chi connectivity index (χ4v) is 3.33. The summed E-state index contributed by atoms with van der Waals surface area (Å²) in [5.74, 6) is 0.106. The lowest BCUT2D eigenvalue weighted by molar-refractivity contribution is -0.118. The van der Waals surface area contributed by atoms with E-state index in [-0.39, 0.29) is 17.4 Å². The minimum Gasteiger partial charge on any atom is -0.483 e. The quantitative estimate of drug-likeness (QED) is 0.813. The molecule has 0 saturated carbocycles. The summed E-state index contributed by atoms with van der Waals surface area (Å²) in [7, 11) is -0.572. The molecule has 1 amide bonds. The number of rotatable bonds is 6. The number of benzene rings is 2. The maximum atomic E-state index is 12.1. The van der Waals surface area contributed by atoms with Gasteiger partial charge in [0.15, 0.2) is 6.61 Å². The highest BCUT2D eigenvalue weighted by Crippen LogP contribution is 2.23. The number of anilines is 1. The van der Waals surface area contributed by atoms with Gasteiger partial charge in [0.1, 0.15) is 5.75 Å². The van der Waals surface area contributed by atoms with E-state index >= 15 is 0 Å². The summed E-state index contributed by atoms with van der Waals surface area (Å²) < 4.78 is 30.9. The molecule has 8 heteroatoms. The first kappa shape index (κ1) is 20.2. The Morgan fingerprint density at radius 1 is 1.12 bits per heavy atom. The second kappa shape index (κ2) is 8.07. The molecule has 0 atom stereocenters. The van der Waals surface area contributed by atoms with Crippen molar-refractivity contribution < 1.29 is 17.9 Å². The van der Waals surface area contributed by atoms with Gasteiger partial charge in [0.25, 0.3) is 5.91 Å². The lowest BCUT2D eigenvalue weighted by Gasteiger charge is -2.14. The topological polar surface area (TPSA) is 75.7 Å². The fraction of sp³-hybridized carbons (Fsp3) is 0.278. The number of nitrogens with one attached hydrogen (secondary N) is 1. The maximum Gasteiger partial charge on any atom is 0.262 e. The Balaban J connectivity index is 2.03. The van der Waals surface area contributed by atoms with Crippen molar-refractivity contribution in [3.05, 3.63) is 52.5 Å². The Kier molecular flexibility index (Phi) is 6.28. The molecule has 2 aromatic carbocycles. The molecule has 140 valence electrons. The van der Waals surface area contributed by atoms with Crippen LogP contribution in [-0.2, 0) is 14.8 Å². The van der Waals surface area contributed by atoms with E-state index in [2.05, 4.69) is 5.32 Å². The van der Waals surface area contributed by atoms with Crippen molar-refractivity contribution in [1.82, 2.24) is 4.31 Å². The van der Waals surface area contributed by atoms with Crippen LogP contribution in [0, 0.1) is 13.8 Å². The van der Waals surface area contributed by atoms with Gasteiger partial charge in [-0.05, 0) is 55.3 Å². The number of aryl methyl sites for hydroxylation is 2. The monoisotopic (exact) mass is 396 g/mol. The van der Waals surface area contributed by atoms with Crippen LogP contribution < -0.4 is 10.1 Å². The highest BCUT2D eigenvalue weighted by atomic mass is 35.5. The third-order valence-electron chi connectivity index (χ3n) is 3.74. The molecule has 0 aromatic heterocycles. The van der Waals surface area contributed by atoms with E-state index in [1.54, 1.807) is 25.1 Å². The summed E-state index contributed by atoms with van der Waals surface area (Å²) in [6.45, 7) is 3.40. The summed E-state index contributed by atoms with van der Waals surface area (Å²) in [6, 6.07) is 9.75. The number of carbonyl (C=O) groups is 1. The van der Waals surface area contributed by atoms with Crippen LogP contribution in [0.5, 0.6) is 5.75 Å². The summed E-state index contributed by atoms with van der Waals surface area (Å²) in [6.07, 6.45) is 0. The number of amides is 1. The molecule has 0 aliphatic carbocycles. The Hall–Kier alpha value is -2.09. The van der Waals surface area contributed by atoms with E-state index in [1.807, 2.05) is 13.0 Å². The third-order valence-corrected chi connectivity index (χ3v) is 5.96. The summed E-state index contributed by atoms with van der Waals surface area (Å²) >= 11 is 6.03. The summed E-state index contributed by atoms with van der Waals surface area (Å²) in [4.78, 5) is 12.2. The number of hydrogen-bond donors (Lipinski definition) is 1. The Bertz CT molecular complexity index is 927. The average Bonchev–Trinajstić information content (AvgIpc) is 2.56. The van der Waals surface area contributed by atoms with Crippen molar-refractivity contribution in [2.24, 2.45) is 0 Å². The van der Waals surface area contributed by atoms with Gasteiger partial charge in [-0.2, -0.15) is 0 Å². The first-order valence-electron chi connectivity index (χ1n) is 7.83. The zero-order chi connectivity index (χ0) is 19.5. The van der Waals surface area contributed by atoms with Crippen molar-refractivity contribution in [2.45, 2.75) is 18.7 Å². The Morgan fingerprint density at radius 3 is 2.38 bits per heavy atom. The summed E-state index contributed by atoms with van der Waals surface area (Å²) in [5.41, 5.74) is 2.13. The van der Waals surface area contributed by atoms with E-state index < -0.39 is 10.0 Å². The molecule has 0 heterocycles. The van der Waals surface area contributed by atoms with Gasteiger partial charge in [-0.1, -0.05) is 17.7 Å². The molecule has 0 radical (unpaired) electrons. The van der Waals surface area contributed by atoms with Crippen molar-refractivity contribution >= 4 is 33.2 Å². The van der Waals surface area contributed by atoms with Gasteiger partial charge in [0.2, 0.25) is 10.0 Å². The Labute approximate surface area is 158 Å². The molecule has 0 spiro atoms. The predicted molar refractivity (Wildman–Crippen MR) is 102 cm³/mol. The minimum atomic E-state index is -3.51. The largest absolute Gasteiger partial charge is 0.483 e. The first-order chi connectivity index (χ1) is 12.1. The van der Waals surface area contributed by atoms with Crippen LogP contribution in [0.1, 0.15) is 11.1 Å². The smallest absolute Gasteiger partial charge is 0.262 e. The van der Waals surface area contributed by atoms with E-state index in [0.29, 0.717) is 22.0 Å². The van der Waals surface area contributed by atoms with Gasteiger partial charge in [-0.25, -0.2) is 12.7 Å². The normalized spacial score (nSPS) is 11.5. The number of hydrogen-bond acceptors (Lipinski definition) is 4. The van der Waals surface area contributed by atoms with Crippen LogP contribution in [0.2, 0.25) is 5.02 Å². The van der Waals surface area contributed by atoms with Crippen molar-refractivity contribution in [3.63, 3.8) is 0 Å². The first-order valence-corrected chi connectivity index (χ1v) is 9.65. The van der Waals surface area contributed by atoms with Gasteiger partial charge in [0, 0.05) is 24.8 Å². The molecule has 0 unspecified atom stereocenters. The minimum absolute atomic E-state index is 0.172. The van der Waals surface area contributed by atoms with Gasteiger partial charge in [-0.3, -0.25) is 4.79 Å². The lowest BCUT2D eigenvalue weighted by Crippen LogP contribution is -2.22. The lowest BCUT2D eigenvalue weighted by atomic mass is 10.2. The van der Waals surface area contributed by atoms with Gasteiger partial charge >= 0.3 is 0 Å². The van der Waals surface area contributed by atoms with Gasteiger partial charge in [0.05, 0.1) is 4.90 Å². The van der Waals surface area contributed by atoms with Crippen molar-refractivity contribution in [1.29, 1.82) is 0 Å². The standard InChI is InChI=1S/C18H21ClN2O4S/c1-12-5-6-14(10-16(12)19)20-18(22)11-25-17-8-7-15(9-13(17)2)26(23,24)21(3)4/h5-10H,11H2,1-4H3,(H,20,22). The number of halogens is 1. The molecule has 0 fully saturated rings. The second-order valence-electron chi connectivity index (χ2n) is 6.02. The maximum absolute atomic E-state index is 12.1. The SMILES string of the molecule is Cc1ccc(NC(=O)COc2ccc(S(=O)(=O)N(C)C)cc2C)cc1Cl. The van der Waals surface area contributed by atoms with Gasteiger partial charge in [-0.15, -0.1) is 0 Å². The Morgan fingerprint density at radius 2 is 1.81 bits per heavy atom. The molecule has 2 aromatic rings. The fourth-order valence-electron chi connectivity index (χ4n) is 2.17. The van der Waals surface area contributed by atoms with E-state index in [9.17, 15) is 13.2 Å². The van der Waals surface area contributed by atoms with Crippen LogP contribution in [0.4, 0.5) is 5.69 Å². The van der Waals surface area contributed by atoms with E-state index in [4.69, 9.17) is 16.3 Å². The van der Waals surface area contributed by atoms with Crippen LogP contribution in [0.15, 0.2) is 41.3 Å². The zero-order valence-electron chi connectivity index (χ0n) is 15.0. The molecule has 26 heavy (non-hydrogen) atoms. The molecule has 0 saturated heterocycles. The second-order valence-corrected chi connectivity index (χ2v) is 8.57. The number of nitrogens with zero attached hydrogens (tertiary/aromatic N) is 1. The van der Waals surface area contributed by atoms with Crippen molar-refractivity contribution in [3.8, 4) is 5.75 Å². The van der Waals surface area contributed by atoms with E-state index in [1.165, 1.54) is 26.2 Å². The predicted octanol–water partition coefficient (Wildman–Crippen LogP) is 3.22. The zero-order valence-corrected chi connectivity index (χ0v) is 16.6. The molecular formula is C18H21ClN2O4S. The molecule has 0 aliphatic rings. The van der Waals surface area contributed by atoms with Crippen LogP contribution in [0.3, 0.4) is 0 Å². The number of carbonyl (C=O) groups excluding carboxylic acids is 1. The van der Waals surface area contributed by atoms with E-state index in [0.717, 1.165) is 9.87 Å². The van der Waals surface area contributed by atoms with Crippen LogP contribution in [-0.4, -0.2) is 39.3 Å². The van der Waals surface area contributed by atoms with Gasteiger partial charge < -0.3 is 10.1 Å². The summed E-state index contributed by atoms with van der Waals surface area (Å²) in [5, 5.41) is 3.27. The highest BCUT2D eigenvalue weighted by Gasteiger charge is 2.18. The molecule has 6 nitrogen and oxygen atoms in total.